The lowest BCUT2D eigenvalue weighted by Crippen LogP contribution is -2.22. The quantitative estimate of drug-likeness (QED) is 0.779. The smallest absolute Gasteiger partial charge is 0.372 e. The van der Waals surface area contributed by atoms with E-state index >= 15 is 0 Å². The van der Waals surface area contributed by atoms with Crippen molar-refractivity contribution in [2.75, 3.05) is 12.8 Å². The second-order valence-corrected chi connectivity index (χ2v) is 4.53. The minimum Gasteiger partial charge on any atom is -0.475 e. The Morgan fingerprint density at radius 3 is 3.07 bits per heavy atom. The average molecular weight is 229 g/mol. The van der Waals surface area contributed by atoms with E-state index in [2.05, 4.69) is 12.2 Å². The summed E-state index contributed by atoms with van der Waals surface area (Å²) in [5.74, 6) is -0.992. The van der Waals surface area contributed by atoms with Crippen molar-refractivity contribution in [3.8, 4) is 0 Å². The minimum absolute atomic E-state index is 0.0271. The molecule has 1 aromatic heterocycles. The van der Waals surface area contributed by atoms with Crippen LogP contribution in [-0.4, -0.2) is 29.1 Å². The molecule has 84 valence electrons. The third-order valence-corrected chi connectivity index (χ3v) is 3.06. The van der Waals surface area contributed by atoms with Crippen LogP contribution < -0.4 is 5.32 Å². The molecule has 0 saturated heterocycles. The molecule has 2 N–H and O–H groups in total. The lowest BCUT2D eigenvalue weighted by molar-refractivity contribution is 0.0660. The van der Waals surface area contributed by atoms with Crippen molar-refractivity contribution in [1.82, 2.24) is 5.32 Å². The maximum Gasteiger partial charge on any atom is 0.372 e. The van der Waals surface area contributed by atoms with E-state index in [0.717, 1.165) is 6.54 Å². The maximum absolute atomic E-state index is 10.7. The summed E-state index contributed by atoms with van der Waals surface area (Å²) in [6.07, 6.45) is 3.45. The van der Waals surface area contributed by atoms with Crippen LogP contribution >= 0.6 is 11.8 Å². The van der Waals surface area contributed by atoms with E-state index in [0.29, 0.717) is 17.4 Å². The number of aromatic carboxylic acids is 1. The Kier molecular flexibility index (Phi) is 4.71. The Morgan fingerprint density at radius 1 is 1.73 bits per heavy atom. The molecule has 0 radical (unpaired) electrons. The number of carbonyl (C=O) groups is 1. The van der Waals surface area contributed by atoms with E-state index in [9.17, 15) is 4.79 Å². The second-order valence-electron chi connectivity index (χ2n) is 3.26. The van der Waals surface area contributed by atoms with Gasteiger partial charge in [0.2, 0.25) is 5.76 Å². The SMILES string of the molecule is CSC(C)CNCc1ccoc1C(=O)O. The van der Waals surface area contributed by atoms with Crippen molar-refractivity contribution in [2.24, 2.45) is 0 Å². The van der Waals surface area contributed by atoms with Gasteiger partial charge in [-0.05, 0) is 12.3 Å². The lowest BCUT2D eigenvalue weighted by Gasteiger charge is -2.08. The summed E-state index contributed by atoms with van der Waals surface area (Å²) < 4.78 is 4.87. The number of carboxylic acids is 1. The number of thioether (sulfide) groups is 1. The summed E-state index contributed by atoms with van der Waals surface area (Å²) in [7, 11) is 0. The largest absolute Gasteiger partial charge is 0.475 e. The van der Waals surface area contributed by atoms with Crippen molar-refractivity contribution in [3.63, 3.8) is 0 Å². The zero-order valence-corrected chi connectivity index (χ0v) is 9.63. The predicted molar refractivity (Wildman–Crippen MR) is 60.4 cm³/mol. The van der Waals surface area contributed by atoms with E-state index in [1.807, 2.05) is 6.26 Å². The van der Waals surface area contributed by atoms with E-state index in [1.54, 1.807) is 17.8 Å². The third-order valence-electron chi connectivity index (χ3n) is 2.09. The van der Waals surface area contributed by atoms with Crippen LogP contribution in [0.5, 0.6) is 0 Å². The molecule has 0 amide bonds. The topological polar surface area (TPSA) is 62.5 Å². The number of hydrogen-bond acceptors (Lipinski definition) is 4. The van der Waals surface area contributed by atoms with Crippen LogP contribution in [0.1, 0.15) is 23.0 Å². The lowest BCUT2D eigenvalue weighted by atomic mass is 10.2. The Morgan fingerprint density at radius 2 is 2.47 bits per heavy atom. The first kappa shape index (κ1) is 12.1. The van der Waals surface area contributed by atoms with Crippen LogP contribution in [0.25, 0.3) is 0 Å². The van der Waals surface area contributed by atoms with Crippen molar-refractivity contribution in [3.05, 3.63) is 23.7 Å². The van der Waals surface area contributed by atoms with E-state index in [4.69, 9.17) is 9.52 Å². The van der Waals surface area contributed by atoms with Gasteiger partial charge < -0.3 is 14.8 Å². The molecule has 1 aromatic rings. The molecule has 1 atom stereocenters. The number of nitrogens with one attached hydrogen (secondary N) is 1. The van der Waals surface area contributed by atoms with Crippen molar-refractivity contribution < 1.29 is 14.3 Å². The van der Waals surface area contributed by atoms with Gasteiger partial charge in [0.25, 0.3) is 0 Å². The summed E-state index contributed by atoms with van der Waals surface area (Å²) in [4.78, 5) is 10.7. The van der Waals surface area contributed by atoms with Gasteiger partial charge in [-0.1, -0.05) is 6.92 Å². The monoisotopic (exact) mass is 229 g/mol. The molecule has 0 bridgehead atoms. The molecule has 1 unspecified atom stereocenters. The Hall–Kier alpha value is -0.940. The minimum atomic E-state index is -1.02. The standard InChI is InChI=1S/C10H15NO3S/c1-7(15-2)5-11-6-8-3-4-14-9(8)10(12)13/h3-4,7,11H,5-6H2,1-2H3,(H,12,13). The van der Waals surface area contributed by atoms with Gasteiger partial charge >= 0.3 is 5.97 Å². The van der Waals surface area contributed by atoms with E-state index in [-0.39, 0.29) is 5.76 Å². The highest BCUT2D eigenvalue weighted by molar-refractivity contribution is 7.99. The van der Waals surface area contributed by atoms with Crippen molar-refractivity contribution in [2.45, 2.75) is 18.7 Å². The van der Waals surface area contributed by atoms with Crippen molar-refractivity contribution in [1.29, 1.82) is 0 Å². The second kappa shape index (κ2) is 5.82. The van der Waals surface area contributed by atoms with Crippen LogP contribution in [0.15, 0.2) is 16.7 Å². The molecule has 0 saturated carbocycles. The van der Waals surface area contributed by atoms with Crippen LogP contribution in [0, 0.1) is 0 Å². The van der Waals surface area contributed by atoms with E-state index in [1.165, 1.54) is 6.26 Å². The highest BCUT2D eigenvalue weighted by Gasteiger charge is 2.13. The highest BCUT2D eigenvalue weighted by Crippen LogP contribution is 2.10. The van der Waals surface area contributed by atoms with Crippen LogP contribution in [-0.2, 0) is 6.54 Å². The number of rotatable bonds is 6. The van der Waals surface area contributed by atoms with Gasteiger partial charge in [-0.2, -0.15) is 11.8 Å². The summed E-state index contributed by atoms with van der Waals surface area (Å²) in [6.45, 7) is 3.50. The highest BCUT2D eigenvalue weighted by atomic mass is 32.2. The number of furan rings is 1. The van der Waals surface area contributed by atoms with Gasteiger partial charge in [0, 0.05) is 23.9 Å². The van der Waals surface area contributed by atoms with Crippen LogP contribution in [0.3, 0.4) is 0 Å². The maximum atomic E-state index is 10.7. The molecular weight excluding hydrogens is 214 g/mol. The van der Waals surface area contributed by atoms with Gasteiger partial charge in [-0.3, -0.25) is 0 Å². The number of carboxylic acid groups (broad SMARTS) is 1. The molecule has 0 aliphatic heterocycles. The van der Waals surface area contributed by atoms with E-state index < -0.39 is 5.97 Å². The fourth-order valence-corrected chi connectivity index (χ4v) is 1.44. The van der Waals surface area contributed by atoms with Gasteiger partial charge in [0.05, 0.1) is 6.26 Å². The van der Waals surface area contributed by atoms with Gasteiger partial charge in [-0.15, -0.1) is 0 Å². The van der Waals surface area contributed by atoms with Gasteiger partial charge in [0.15, 0.2) is 0 Å². The Balaban J connectivity index is 2.44. The molecule has 0 aliphatic carbocycles. The van der Waals surface area contributed by atoms with Crippen LogP contribution in [0.4, 0.5) is 0 Å². The molecule has 15 heavy (non-hydrogen) atoms. The van der Waals surface area contributed by atoms with Gasteiger partial charge in [-0.25, -0.2) is 4.79 Å². The summed E-state index contributed by atoms with van der Waals surface area (Å²) in [5.41, 5.74) is 0.691. The molecule has 5 heteroatoms. The summed E-state index contributed by atoms with van der Waals surface area (Å²) in [5, 5.41) is 12.5. The molecule has 0 aromatic carbocycles. The molecule has 1 heterocycles. The molecule has 0 aliphatic rings. The fraction of sp³-hybridized carbons (Fsp3) is 0.500. The molecule has 1 rings (SSSR count). The normalized spacial score (nSPS) is 12.7. The zero-order chi connectivity index (χ0) is 11.3. The van der Waals surface area contributed by atoms with Crippen molar-refractivity contribution >= 4 is 17.7 Å². The van der Waals surface area contributed by atoms with Gasteiger partial charge in [0.1, 0.15) is 0 Å². The Labute approximate surface area is 93.0 Å². The predicted octanol–water partition coefficient (Wildman–Crippen LogP) is 1.82. The summed E-state index contributed by atoms with van der Waals surface area (Å²) in [6, 6.07) is 1.68. The molecule has 0 spiro atoms. The third kappa shape index (κ3) is 3.60. The number of hydrogen-bond donors (Lipinski definition) is 2. The fourth-order valence-electron chi connectivity index (χ4n) is 1.16. The van der Waals surface area contributed by atoms with Crippen LogP contribution in [0.2, 0.25) is 0 Å². The first-order valence-corrected chi connectivity index (χ1v) is 5.97. The molecule has 0 fully saturated rings. The Bertz CT molecular complexity index is 324. The first-order valence-electron chi connectivity index (χ1n) is 4.68. The zero-order valence-electron chi connectivity index (χ0n) is 8.82. The molecular formula is C10H15NO3S. The first-order chi connectivity index (χ1) is 7.15. The average Bonchev–Trinajstić information content (AvgIpc) is 2.65. The summed E-state index contributed by atoms with van der Waals surface area (Å²) >= 11 is 1.77. The molecule has 4 nitrogen and oxygen atoms in total.